The number of hydrogen-bond donors (Lipinski definition) is 1. The molecule has 1 N–H and O–H groups in total. The molecule has 30 heavy (non-hydrogen) atoms. The summed E-state index contributed by atoms with van der Waals surface area (Å²) in [7, 11) is -1.81. The van der Waals surface area contributed by atoms with Crippen molar-refractivity contribution < 1.29 is 23.0 Å². The molecule has 0 radical (unpaired) electrons. The zero-order valence-corrected chi connectivity index (χ0v) is 18.6. The lowest BCUT2D eigenvalue weighted by atomic mass is 10.1. The van der Waals surface area contributed by atoms with Crippen LogP contribution in [0.3, 0.4) is 0 Å². The highest BCUT2D eigenvalue weighted by molar-refractivity contribution is 7.92. The summed E-state index contributed by atoms with van der Waals surface area (Å²) in [5.74, 6) is 0.568. The Balaban J connectivity index is 1.49. The van der Waals surface area contributed by atoms with E-state index >= 15 is 0 Å². The van der Waals surface area contributed by atoms with Crippen LogP contribution in [0.2, 0.25) is 5.02 Å². The molecule has 1 fully saturated rings. The van der Waals surface area contributed by atoms with Crippen molar-refractivity contribution in [3.63, 3.8) is 0 Å². The van der Waals surface area contributed by atoms with E-state index in [2.05, 4.69) is 4.90 Å². The van der Waals surface area contributed by atoms with Gasteiger partial charge in [0.1, 0.15) is 18.5 Å². The summed E-state index contributed by atoms with van der Waals surface area (Å²) in [6.07, 6.45) is 0.405. The Labute approximate surface area is 182 Å². The second-order valence-corrected chi connectivity index (χ2v) is 9.81. The lowest BCUT2D eigenvalue weighted by Gasteiger charge is -2.34. The monoisotopic (exact) mass is 454 g/mol. The van der Waals surface area contributed by atoms with Crippen LogP contribution in [0.15, 0.2) is 48.5 Å². The summed E-state index contributed by atoms with van der Waals surface area (Å²) in [6.45, 7) is 2.60. The molecule has 2 aromatic carbocycles. The smallest absolute Gasteiger partial charge is 0.231 e. The molecule has 0 bridgehead atoms. The predicted molar refractivity (Wildman–Crippen MR) is 118 cm³/mol. The number of rotatable bonds is 8. The number of hydrogen-bond acceptors (Lipinski definition) is 6. The van der Waals surface area contributed by atoms with Gasteiger partial charge in [-0.2, -0.15) is 0 Å². The Morgan fingerprint density at radius 3 is 2.70 bits per heavy atom. The molecule has 9 heteroatoms. The third-order valence-electron chi connectivity index (χ3n) is 4.98. The van der Waals surface area contributed by atoms with Gasteiger partial charge in [0.25, 0.3) is 0 Å². The molecule has 2 aromatic rings. The molecule has 1 aliphatic rings. The number of aliphatic hydroxyl groups is 1. The second-order valence-electron chi connectivity index (χ2n) is 7.36. The van der Waals surface area contributed by atoms with Crippen molar-refractivity contribution in [2.75, 3.05) is 50.5 Å². The summed E-state index contributed by atoms with van der Waals surface area (Å²) in [6, 6.07) is 14.3. The first kappa shape index (κ1) is 22.8. The summed E-state index contributed by atoms with van der Waals surface area (Å²) >= 11 is 6.08. The number of benzene rings is 2. The predicted octanol–water partition coefficient (Wildman–Crippen LogP) is 2.55. The zero-order chi connectivity index (χ0) is 21.7. The maximum absolute atomic E-state index is 11.6. The molecule has 2 atom stereocenters. The van der Waals surface area contributed by atoms with Gasteiger partial charge >= 0.3 is 0 Å². The van der Waals surface area contributed by atoms with E-state index in [0.717, 1.165) is 18.4 Å². The summed E-state index contributed by atoms with van der Waals surface area (Å²) in [5.41, 5.74) is 1.57. The topological polar surface area (TPSA) is 79.3 Å². The molecular weight excluding hydrogens is 428 g/mol. The van der Waals surface area contributed by atoms with Crippen LogP contribution in [-0.4, -0.2) is 70.7 Å². The minimum Gasteiger partial charge on any atom is -0.491 e. The van der Waals surface area contributed by atoms with E-state index in [4.69, 9.17) is 21.1 Å². The molecule has 0 spiro atoms. The Bertz CT molecular complexity index is 939. The van der Waals surface area contributed by atoms with Crippen LogP contribution in [0, 0.1) is 0 Å². The van der Waals surface area contributed by atoms with Gasteiger partial charge in [-0.3, -0.25) is 9.21 Å². The van der Waals surface area contributed by atoms with Gasteiger partial charge in [-0.15, -0.1) is 0 Å². The quantitative estimate of drug-likeness (QED) is 0.660. The van der Waals surface area contributed by atoms with Crippen molar-refractivity contribution in [3.05, 3.63) is 59.1 Å². The number of aliphatic hydroxyl groups excluding tert-OH is 1. The summed E-state index contributed by atoms with van der Waals surface area (Å²) in [5, 5.41) is 11.1. The highest BCUT2D eigenvalue weighted by Gasteiger charge is 2.24. The lowest BCUT2D eigenvalue weighted by Crippen LogP contribution is -2.43. The first-order valence-electron chi connectivity index (χ1n) is 9.66. The highest BCUT2D eigenvalue weighted by atomic mass is 35.5. The van der Waals surface area contributed by atoms with Crippen molar-refractivity contribution in [2.24, 2.45) is 0 Å². The number of ether oxygens (including phenoxy) is 2. The third-order valence-corrected chi connectivity index (χ3v) is 6.42. The van der Waals surface area contributed by atoms with E-state index in [1.807, 2.05) is 24.3 Å². The van der Waals surface area contributed by atoms with Crippen molar-refractivity contribution in [3.8, 4) is 5.75 Å². The Kier molecular flexibility index (Phi) is 7.60. The normalized spacial score (nSPS) is 18.7. The average Bonchev–Trinajstić information content (AvgIpc) is 2.72. The lowest BCUT2D eigenvalue weighted by molar-refractivity contribution is -0.0459. The number of sulfonamides is 1. The van der Waals surface area contributed by atoms with Crippen LogP contribution in [0.5, 0.6) is 5.75 Å². The molecule has 1 saturated heterocycles. The van der Waals surface area contributed by atoms with Gasteiger partial charge in [-0.05, 0) is 42.0 Å². The minimum atomic E-state index is -3.31. The minimum absolute atomic E-state index is 0.0788. The van der Waals surface area contributed by atoms with Gasteiger partial charge in [-0.1, -0.05) is 23.7 Å². The molecule has 164 valence electrons. The SMILES string of the molecule is CN(c1ccc(OC[C@@H](O)CN2CCOC(c3cccc(Cl)c3)C2)cc1)S(C)(=O)=O. The van der Waals surface area contributed by atoms with Crippen molar-refractivity contribution in [1.82, 2.24) is 4.90 Å². The van der Waals surface area contributed by atoms with E-state index in [9.17, 15) is 13.5 Å². The zero-order valence-electron chi connectivity index (χ0n) is 17.1. The van der Waals surface area contributed by atoms with Crippen molar-refractivity contribution >= 4 is 27.3 Å². The van der Waals surface area contributed by atoms with Crippen molar-refractivity contribution in [1.29, 1.82) is 0 Å². The molecule has 0 aliphatic carbocycles. The van der Waals surface area contributed by atoms with Crippen LogP contribution in [0.4, 0.5) is 5.69 Å². The van der Waals surface area contributed by atoms with Crippen LogP contribution < -0.4 is 9.04 Å². The number of nitrogens with zero attached hydrogens (tertiary/aromatic N) is 2. The van der Waals surface area contributed by atoms with E-state index in [0.29, 0.717) is 36.2 Å². The van der Waals surface area contributed by atoms with Gasteiger partial charge in [0.05, 0.1) is 24.7 Å². The number of β-amino-alcohol motifs (C(OH)–C–C–N with tert-alkyl or cyclic N) is 1. The van der Waals surface area contributed by atoms with Gasteiger partial charge in [-0.25, -0.2) is 8.42 Å². The Hall–Kier alpha value is -1.84. The van der Waals surface area contributed by atoms with Crippen LogP contribution >= 0.6 is 11.6 Å². The fourth-order valence-corrected chi connectivity index (χ4v) is 3.97. The third kappa shape index (κ3) is 6.33. The van der Waals surface area contributed by atoms with Crippen LogP contribution in [-0.2, 0) is 14.8 Å². The molecule has 7 nitrogen and oxygen atoms in total. The molecule has 0 amide bonds. The summed E-state index contributed by atoms with van der Waals surface area (Å²) in [4.78, 5) is 2.15. The molecule has 0 saturated carbocycles. The standard InChI is InChI=1S/C21H27ClN2O5S/c1-23(30(2,26)27)18-6-8-20(9-7-18)29-15-19(25)13-24-10-11-28-21(14-24)16-4-3-5-17(22)12-16/h3-9,12,19,21,25H,10-11,13-15H2,1-2H3/t19-,21?/m0/s1. The van der Waals surface area contributed by atoms with E-state index in [-0.39, 0.29) is 12.7 Å². The number of anilines is 1. The first-order valence-corrected chi connectivity index (χ1v) is 11.9. The number of morpholine rings is 1. The maximum Gasteiger partial charge on any atom is 0.231 e. The maximum atomic E-state index is 11.6. The van der Waals surface area contributed by atoms with E-state index in [1.165, 1.54) is 11.4 Å². The fraction of sp³-hybridized carbons (Fsp3) is 0.429. The second kappa shape index (κ2) is 9.98. The van der Waals surface area contributed by atoms with E-state index < -0.39 is 16.1 Å². The molecular formula is C21H27ClN2O5S. The Morgan fingerprint density at radius 2 is 2.03 bits per heavy atom. The number of halogens is 1. The van der Waals surface area contributed by atoms with Gasteiger partial charge in [0.15, 0.2) is 0 Å². The molecule has 1 unspecified atom stereocenters. The van der Waals surface area contributed by atoms with E-state index in [1.54, 1.807) is 24.3 Å². The van der Waals surface area contributed by atoms with Gasteiger partial charge in [0.2, 0.25) is 10.0 Å². The Morgan fingerprint density at radius 1 is 1.30 bits per heavy atom. The van der Waals surface area contributed by atoms with Gasteiger partial charge in [0, 0.05) is 31.7 Å². The molecule has 1 heterocycles. The summed E-state index contributed by atoms with van der Waals surface area (Å²) < 4.78 is 35.9. The molecule has 0 aromatic heterocycles. The highest BCUT2D eigenvalue weighted by Crippen LogP contribution is 2.25. The van der Waals surface area contributed by atoms with Gasteiger partial charge < -0.3 is 14.6 Å². The van der Waals surface area contributed by atoms with Crippen molar-refractivity contribution in [2.45, 2.75) is 12.2 Å². The molecule has 1 aliphatic heterocycles. The largest absolute Gasteiger partial charge is 0.491 e. The van der Waals surface area contributed by atoms with Crippen LogP contribution in [0.1, 0.15) is 11.7 Å². The first-order chi connectivity index (χ1) is 14.2. The average molecular weight is 455 g/mol. The fourth-order valence-electron chi connectivity index (χ4n) is 3.26. The van der Waals surface area contributed by atoms with Crippen LogP contribution in [0.25, 0.3) is 0 Å². The molecule has 3 rings (SSSR count).